The summed E-state index contributed by atoms with van der Waals surface area (Å²) in [6.45, 7) is 0.195. The number of nitrogens with one attached hydrogen (secondary N) is 1. The van der Waals surface area contributed by atoms with Gasteiger partial charge in [0.1, 0.15) is 5.75 Å². The minimum Gasteiger partial charge on any atom is -0.497 e. The molecule has 1 aliphatic heterocycles. The highest BCUT2D eigenvalue weighted by Crippen LogP contribution is 2.35. The molecule has 32 heavy (non-hydrogen) atoms. The van der Waals surface area contributed by atoms with E-state index in [9.17, 15) is 4.79 Å². The number of carbonyl (C=O) groups excluding carboxylic acids is 1. The number of thioether (sulfide) groups is 1. The van der Waals surface area contributed by atoms with Gasteiger partial charge in [-0.25, -0.2) is 4.98 Å². The van der Waals surface area contributed by atoms with Gasteiger partial charge in [0, 0.05) is 41.2 Å². The molecular weight excluding hydrogens is 426 g/mol. The first-order valence-corrected chi connectivity index (χ1v) is 10.9. The van der Waals surface area contributed by atoms with Gasteiger partial charge >= 0.3 is 0 Å². The first-order chi connectivity index (χ1) is 15.7. The summed E-state index contributed by atoms with van der Waals surface area (Å²) in [6.07, 6.45) is 3.56. The van der Waals surface area contributed by atoms with Crippen LogP contribution in [0.3, 0.4) is 0 Å². The second-order valence-electron chi connectivity index (χ2n) is 7.04. The van der Waals surface area contributed by atoms with E-state index in [0.717, 1.165) is 32.8 Å². The van der Waals surface area contributed by atoms with Crippen LogP contribution < -0.4 is 19.5 Å². The Morgan fingerprint density at radius 3 is 2.88 bits per heavy atom. The quantitative estimate of drug-likeness (QED) is 0.428. The van der Waals surface area contributed by atoms with E-state index in [1.165, 1.54) is 11.8 Å². The number of fused-ring (bicyclic) bond motifs is 2. The van der Waals surface area contributed by atoms with Gasteiger partial charge in [-0.1, -0.05) is 17.8 Å². The van der Waals surface area contributed by atoms with Gasteiger partial charge in [-0.2, -0.15) is 0 Å². The van der Waals surface area contributed by atoms with Crippen molar-refractivity contribution in [1.82, 2.24) is 9.97 Å². The molecule has 0 saturated heterocycles. The number of nitrogens with zero attached hydrogens (tertiary/aromatic N) is 2. The lowest BCUT2D eigenvalue weighted by atomic mass is 10.0. The minimum atomic E-state index is -0.135. The van der Waals surface area contributed by atoms with Crippen molar-refractivity contribution < 1.29 is 19.0 Å². The Bertz CT molecular complexity index is 1300. The Morgan fingerprint density at radius 1 is 1.12 bits per heavy atom. The molecule has 0 aliphatic carbocycles. The fraction of sp³-hybridized carbons (Fsp3) is 0.125. The summed E-state index contributed by atoms with van der Waals surface area (Å²) >= 11 is 1.37. The third-order valence-corrected chi connectivity index (χ3v) is 5.88. The number of anilines is 1. The molecule has 0 radical (unpaired) electrons. The van der Waals surface area contributed by atoms with Crippen molar-refractivity contribution in [3.05, 3.63) is 67.0 Å². The average molecular weight is 446 g/mol. The van der Waals surface area contributed by atoms with Gasteiger partial charge in [0.15, 0.2) is 11.5 Å². The van der Waals surface area contributed by atoms with Crippen LogP contribution in [0.4, 0.5) is 5.69 Å². The predicted octanol–water partition coefficient (Wildman–Crippen LogP) is 4.76. The maximum Gasteiger partial charge on any atom is 0.234 e. The van der Waals surface area contributed by atoms with Gasteiger partial charge in [0.25, 0.3) is 0 Å². The standard InChI is InChI=1S/C24H19N3O4S/c1-29-17-5-6-18-19(15-3-2-8-25-12-15)11-24(27-20(18)10-17)32-13-23(28)26-16-4-7-21-22(9-16)31-14-30-21/h2-12H,13-14H2,1H3,(H,26,28). The van der Waals surface area contributed by atoms with Crippen LogP contribution >= 0.6 is 11.8 Å². The number of ether oxygens (including phenoxy) is 3. The number of aromatic nitrogens is 2. The van der Waals surface area contributed by atoms with E-state index in [-0.39, 0.29) is 18.5 Å². The largest absolute Gasteiger partial charge is 0.497 e. The molecule has 2 aromatic heterocycles. The molecule has 3 heterocycles. The van der Waals surface area contributed by atoms with Crippen molar-refractivity contribution in [2.45, 2.75) is 5.03 Å². The van der Waals surface area contributed by atoms with Gasteiger partial charge in [0.2, 0.25) is 12.7 Å². The van der Waals surface area contributed by atoms with Crippen molar-refractivity contribution in [3.8, 4) is 28.4 Å². The molecular formula is C24H19N3O4S. The number of hydrogen-bond donors (Lipinski definition) is 1. The molecule has 1 N–H and O–H groups in total. The molecule has 0 unspecified atom stereocenters. The molecule has 2 aromatic carbocycles. The first-order valence-electron chi connectivity index (χ1n) is 9.91. The van der Waals surface area contributed by atoms with E-state index in [1.807, 2.05) is 42.6 Å². The summed E-state index contributed by atoms with van der Waals surface area (Å²) < 4.78 is 16.0. The van der Waals surface area contributed by atoms with Crippen LogP contribution in [0.5, 0.6) is 17.2 Å². The SMILES string of the molecule is COc1ccc2c(-c3cccnc3)cc(SCC(=O)Nc3ccc4c(c3)OCO4)nc2c1. The highest BCUT2D eigenvalue weighted by atomic mass is 32.2. The Labute approximate surface area is 188 Å². The second-order valence-corrected chi connectivity index (χ2v) is 8.03. The lowest BCUT2D eigenvalue weighted by Crippen LogP contribution is -2.14. The Morgan fingerprint density at radius 2 is 2.03 bits per heavy atom. The van der Waals surface area contributed by atoms with Crippen LogP contribution in [0.1, 0.15) is 0 Å². The minimum absolute atomic E-state index is 0.135. The lowest BCUT2D eigenvalue weighted by molar-refractivity contribution is -0.113. The lowest BCUT2D eigenvalue weighted by Gasteiger charge is -2.11. The van der Waals surface area contributed by atoms with E-state index in [2.05, 4.69) is 10.3 Å². The molecule has 5 rings (SSSR count). The van der Waals surface area contributed by atoms with Crippen LogP contribution in [-0.4, -0.2) is 35.5 Å². The maximum atomic E-state index is 12.5. The zero-order valence-electron chi connectivity index (χ0n) is 17.2. The zero-order valence-corrected chi connectivity index (χ0v) is 18.0. The molecule has 0 saturated carbocycles. The van der Waals surface area contributed by atoms with Gasteiger partial charge < -0.3 is 19.5 Å². The molecule has 0 bridgehead atoms. The monoisotopic (exact) mass is 445 g/mol. The molecule has 8 heteroatoms. The van der Waals surface area contributed by atoms with E-state index >= 15 is 0 Å². The molecule has 0 atom stereocenters. The van der Waals surface area contributed by atoms with Crippen molar-refractivity contribution in [2.24, 2.45) is 0 Å². The van der Waals surface area contributed by atoms with E-state index < -0.39 is 0 Å². The Hall–Kier alpha value is -3.78. The van der Waals surface area contributed by atoms with Crippen molar-refractivity contribution in [2.75, 3.05) is 25.0 Å². The molecule has 1 amide bonds. The number of benzene rings is 2. The summed E-state index contributed by atoms with van der Waals surface area (Å²) in [5, 5.41) is 4.63. The summed E-state index contributed by atoms with van der Waals surface area (Å²) in [4.78, 5) is 21.5. The van der Waals surface area contributed by atoms with Gasteiger partial charge in [0.05, 0.1) is 23.4 Å². The Balaban J connectivity index is 1.38. The smallest absolute Gasteiger partial charge is 0.234 e. The highest BCUT2D eigenvalue weighted by molar-refractivity contribution is 7.99. The van der Waals surface area contributed by atoms with Gasteiger partial charge in [-0.3, -0.25) is 9.78 Å². The fourth-order valence-electron chi connectivity index (χ4n) is 3.46. The topological polar surface area (TPSA) is 82.6 Å². The number of hydrogen-bond acceptors (Lipinski definition) is 7. The van der Waals surface area contributed by atoms with Crippen molar-refractivity contribution >= 4 is 34.3 Å². The normalized spacial score (nSPS) is 12.0. The highest BCUT2D eigenvalue weighted by Gasteiger charge is 2.15. The molecule has 160 valence electrons. The zero-order chi connectivity index (χ0) is 21.9. The summed E-state index contributed by atoms with van der Waals surface area (Å²) in [6, 6.07) is 17.0. The second kappa shape index (κ2) is 8.76. The molecule has 7 nitrogen and oxygen atoms in total. The predicted molar refractivity (Wildman–Crippen MR) is 123 cm³/mol. The first kappa shape index (κ1) is 20.1. The fourth-order valence-corrected chi connectivity index (χ4v) is 4.17. The number of amides is 1. The van der Waals surface area contributed by atoms with Crippen LogP contribution in [-0.2, 0) is 4.79 Å². The molecule has 4 aromatic rings. The van der Waals surface area contributed by atoms with Gasteiger partial charge in [-0.05, 0) is 42.0 Å². The number of rotatable bonds is 6. The van der Waals surface area contributed by atoms with Crippen LogP contribution in [0.15, 0.2) is 72.0 Å². The third-order valence-electron chi connectivity index (χ3n) is 4.97. The van der Waals surface area contributed by atoms with Crippen LogP contribution in [0, 0.1) is 0 Å². The van der Waals surface area contributed by atoms with Gasteiger partial charge in [-0.15, -0.1) is 0 Å². The summed E-state index contributed by atoms with van der Waals surface area (Å²) in [5.41, 5.74) is 3.44. The molecule has 0 spiro atoms. The average Bonchev–Trinajstić information content (AvgIpc) is 3.30. The van der Waals surface area contributed by atoms with Crippen molar-refractivity contribution in [3.63, 3.8) is 0 Å². The van der Waals surface area contributed by atoms with Crippen LogP contribution in [0.25, 0.3) is 22.0 Å². The van der Waals surface area contributed by atoms with E-state index in [0.29, 0.717) is 17.2 Å². The van der Waals surface area contributed by atoms with Crippen molar-refractivity contribution in [1.29, 1.82) is 0 Å². The third kappa shape index (κ3) is 4.17. The summed E-state index contributed by atoms with van der Waals surface area (Å²) in [5.74, 6) is 2.11. The summed E-state index contributed by atoms with van der Waals surface area (Å²) in [7, 11) is 1.63. The van der Waals surface area contributed by atoms with Crippen LogP contribution in [0.2, 0.25) is 0 Å². The molecule has 0 fully saturated rings. The Kier molecular flexibility index (Phi) is 5.51. The number of carbonyl (C=O) groups is 1. The van der Waals surface area contributed by atoms with E-state index in [1.54, 1.807) is 31.5 Å². The maximum absolute atomic E-state index is 12.5. The molecule has 1 aliphatic rings. The van der Waals surface area contributed by atoms with E-state index in [4.69, 9.17) is 19.2 Å². The number of methoxy groups -OCH3 is 1. The number of pyridine rings is 2.